The third-order valence-electron chi connectivity index (χ3n) is 4.40. The van der Waals surface area contributed by atoms with E-state index in [1.807, 2.05) is 35.2 Å². The summed E-state index contributed by atoms with van der Waals surface area (Å²) in [5.74, 6) is 0.232. The van der Waals surface area contributed by atoms with E-state index in [9.17, 15) is 4.79 Å². The van der Waals surface area contributed by atoms with Gasteiger partial charge in [-0.05, 0) is 17.2 Å². The van der Waals surface area contributed by atoms with Crippen LogP contribution in [0.3, 0.4) is 0 Å². The third-order valence-corrected chi connectivity index (χ3v) is 4.40. The molecule has 3 nitrogen and oxygen atoms in total. The number of amides is 1. The number of anilines is 1. The lowest BCUT2D eigenvalue weighted by molar-refractivity contribution is -0.131. The molecule has 3 heteroatoms. The molecule has 1 amide bonds. The summed E-state index contributed by atoms with van der Waals surface area (Å²) in [5, 5.41) is 3.62. The molecule has 2 heterocycles. The molecule has 0 bridgehead atoms. The molecule has 1 unspecified atom stereocenters. The molecule has 2 aromatic rings. The van der Waals surface area contributed by atoms with Gasteiger partial charge in [-0.25, -0.2) is 0 Å². The smallest absolute Gasteiger partial charge is 0.225 e. The summed E-state index contributed by atoms with van der Waals surface area (Å²) in [5.41, 5.74) is 3.13. The van der Waals surface area contributed by atoms with Gasteiger partial charge in [0.2, 0.25) is 5.91 Å². The maximum absolute atomic E-state index is 12.3. The van der Waals surface area contributed by atoms with Gasteiger partial charge in [-0.15, -0.1) is 0 Å². The molecule has 0 aromatic heterocycles. The fraction of sp³-hybridized carbons (Fsp3) is 0.235. The first-order valence-corrected chi connectivity index (χ1v) is 7.02. The lowest BCUT2D eigenvalue weighted by Crippen LogP contribution is -2.51. The first-order valence-electron chi connectivity index (χ1n) is 7.02. The third kappa shape index (κ3) is 1.49. The molecule has 0 aliphatic carbocycles. The average Bonchev–Trinajstić information content (AvgIpc) is 2.84. The Morgan fingerprint density at radius 2 is 1.75 bits per heavy atom. The number of nitrogens with zero attached hydrogens (tertiary/aromatic N) is 1. The van der Waals surface area contributed by atoms with Crippen LogP contribution in [0.1, 0.15) is 24.0 Å². The number of hydrogen-bond donors (Lipinski definition) is 1. The van der Waals surface area contributed by atoms with Crippen LogP contribution < -0.4 is 5.32 Å². The molecular formula is C17H16N2O. The molecule has 0 saturated carbocycles. The molecule has 1 saturated heterocycles. The van der Waals surface area contributed by atoms with E-state index in [1.54, 1.807) is 0 Å². The second-order valence-electron chi connectivity index (χ2n) is 5.49. The Balaban J connectivity index is 1.87. The number of carbonyl (C=O) groups is 1. The van der Waals surface area contributed by atoms with E-state index in [2.05, 4.69) is 29.6 Å². The van der Waals surface area contributed by atoms with Crippen LogP contribution in [0, 0.1) is 0 Å². The number of fused-ring (bicyclic) bond motifs is 2. The van der Waals surface area contributed by atoms with Crippen LogP contribution in [0.5, 0.6) is 0 Å². The van der Waals surface area contributed by atoms with Crippen LogP contribution in [0.25, 0.3) is 0 Å². The largest absolute Gasteiger partial charge is 0.359 e. The van der Waals surface area contributed by atoms with Gasteiger partial charge in [-0.2, -0.15) is 0 Å². The van der Waals surface area contributed by atoms with E-state index in [0.717, 1.165) is 12.1 Å². The summed E-state index contributed by atoms with van der Waals surface area (Å²) in [6.45, 7) is 0.691. The Kier molecular flexibility index (Phi) is 2.36. The zero-order chi connectivity index (χ0) is 13.6. The summed E-state index contributed by atoms with van der Waals surface area (Å²) in [4.78, 5) is 14.3. The van der Waals surface area contributed by atoms with E-state index in [4.69, 9.17) is 0 Å². The number of carbonyl (C=O) groups excluding carboxylic acids is 1. The van der Waals surface area contributed by atoms with Crippen molar-refractivity contribution in [3.05, 3.63) is 65.7 Å². The standard InChI is InChI=1S/C17H16N2O/c20-16-10-11-17(14-7-2-1-3-8-14)18-15-9-5-4-6-13(15)12-19(16)17/h1-9,18H,10-12H2. The molecule has 2 aliphatic heterocycles. The first kappa shape index (κ1) is 11.5. The van der Waals surface area contributed by atoms with Crippen molar-refractivity contribution in [2.75, 3.05) is 5.32 Å². The van der Waals surface area contributed by atoms with Gasteiger partial charge < -0.3 is 10.2 Å². The van der Waals surface area contributed by atoms with Crippen molar-refractivity contribution >= 4 is 11.6 Å². The number of benzene rings is 2. The molecule has 0 radical (unpaired) electrons. The highest BCUT2D eigenvalue weighted by atomic mass is 16.2. The summed E-state index contributed by atoms with van der Waals surface area (Å²) in [7, 11) is 0. The maximum atomic E-state index is 12.3. The molecular weight excluding hydrogens is 248 g/mol. The topological polar surface area (TPSA) is 32.3 Å². The van der Waals surface area contributed by atoms with Crippen LogP contribution in [-0.2, 0) is 17.0 Å². The Morgan fingerprint density at radius 1 is 1.00 bits per heavy atom. The summed E-state index contributed by atoms with van der Waals surface area (Å²) >= 11 is 0. The number of hydrogen-bond acceptors (Lipinski definition) is 2. The summed E-state index contributed by atoms with van der Waals surface area (Å²) in [6.07, 6.45) is 1.43. The molecule has 20 heavy (non-hydrogen) atoms. The van der Waals surface area contributed by atoms with Crippen LogP contribution in [-0.4, -0.2) is 10.8 Å². The molecule has 2 aliphatic rings. The molecule has 4 rings (SSSR count). The molecule has 1 atom stereocenters. The number of nitrogens with one attached hydrogen (secondary N) is 1. The van der Waals surface area contributed by atoms with Crippen molar-refractivity contribution in [2.24, 2.45) is 0 Å². The lowest BCUT2D eigenvalue weighted by atomic mass is 9.92. The van der Waals surface area contributed by atoms with Crippen LogP contribution in [0.2, 0.25) is 0 Å². The van der Waals surface area contributed by atoms with Gasteiger partial charge in [0.05, 0.1) is 6.54 Å². The minimum Gasteiger partial charge on any atom is -0.359 e. The highest BCUT2D eigenvalue weighted by Gasteiger charge is 2.49. The zero-order valence-electron chi connectivity index (χ0n) is 11.2. The fourth-order valence-corrected chi connectivity index (χ4v) is 3.38. The predicted molar refractivity (Wildman–Crippen MR) is 78.0 cm³/mol. The Labute approximate surface area is 118 Å². The van der Waals surface area contributed by atoms with E-state index in [-0.39, 0.29) is 11.6 Å². The van der Waals surface area contributed by atoms with E-state index in [1.165, 1.54) is 11.1 Å². The SMILES string of the molecule is O=C1CCC2(c3ccccc3)Nc3ccccc3CN12. The van der Waals surface area contributed by atoms with Gasteiger partial charge in [0, 0.05) is 18.5 Å². The van der Waals surface area contributed by atoms with Crippen molar-refractivity contribution in [3.8, 4) is 0 Å². The fourth-order valence-electron chi connectivity index (χ4n) is 3.38. The maximum Gasteiger partial charge on any atom is 0.225 e. The predicted octanol–water partition coefficient (Wildman–Crippen LogP) is 3.09. The van der Waals surface area contributed by atoms with Crippen molar-refractivity contribution in [3.63, 3.8) is 0 Å². The van der Waals surface area contributed by atoms with Crippen molar-refractivity contribution in [1.82, 2.24) is 4.90 Å². The molecule has 0 spiro atoms. The second-order valence-corrected chi connectivity index (χ2v) is 5.49. The Hall–Kier alpha value is -2.29. The second kappa shape index (κ2) is 4.10. The van der Waals surface area contributed by atoms with Crippen LogP contribution in [0.4, 0.5) is 5.69 Å². The zero-order valence-corrected chi connectivity index (χ0v) is 11.2. The number of para-hydroxylation sites is 1. The van der Waals surface area contributed by atoms with Gasteiger partial charge in [0.1, 0.15) is 5.66 Å². The van der Waals surface area contributed by atoms with Gasteiger partial charge in [-0.1, -0.05) is 48.5 Å². The lowest BCUT2D eigenvalue weighted by Gasteiger charge is -2.44. The summed E-state index contributed by atoms with van der Waals surface area (Å²) in [6, 6.07) is 18.5. The van der Waals surface area contributed by atoms with Crippen LogP contribution in [0.15, 0.2) is 54.6 Å². The number of rotatable bonds is 1. The van der Waals surface area contributed by atoms with Crippen molar-refractivity contribution < 1.29 is 4.79 Å². The highest BCUT2D eigenvalue weighted by molar-refractivity contribution is 5.82. The van der Waals surface area contributed by atoms with Gasteiger partial charge in [0.15, 0.2) is 0 Å². The van der Waals surface area contributed by atoms with E-state index in [0.29, 0.717) is 13.0 Å². The van der Waals surface area contributed by atoms with Crippen LogP contribution >= 0.6 is 0 Å². The minimum atomic E-state index is -0.368. The van der Waals surface area contributed by atoms with Crippen molar-refractivity contribution in [1.29, 1.82) is 0 Å². The quantitative estimate of drug-likeness (QED) is 0.858. The average molecular weight is 264 g/mol. The molecule has 1 fully saturated rings. The minimum absolute atomic E-state index is 0.232. The van der Waals surface area contributed by atoms with Crippen molar-refractivity contribution in [2.45, 2.75) is 25.0 Å². The highest BCUT2D eigenvalue weighted by Crippen LogP contribution is 2.45. The van der Waals surface area contributed by atoms with E-state index >= 15 is 0 Å². The molecule has 2 aromatic carbocycles. The van der Waals surface area contributed by atoms with Gasteiger partial charge in [0.25, 0.3) is 0 Å². The first-order chi connectivity index (χ1) is 9.79. The normalized spacial score (nSPS) is 24.0. The monoisotopic (exact) mass is 264 g/mol. The summed E-state index contributed by atoms with van der Waals surface area (Å²) < 4.78 is 0. The Morgan fingerprint density at radius 3 is 2.60 bits per heavy atom. The Bertz CT molecular complexity index is 668. The molecule has 1 N–H and O–H groups in total. The van der Waals surface area contributed by atoms with Gasteiger partial charge in [-0.3, -0.25) is 4.79 Å². The van der Waals surface area contributed by atoms with Gasteiger partial charge >= 0.3 is 0 Å². The molecule has 100 valence electrons. The van der Waals surface area contributed by atoms with E-state index < -0.39 is 0 Å².